The van der Waals surface area contributed by atoms with E-state index in [2.05, 4.69) is 51.5 Å². The van der Waals surface area contributed by atoms with Crippen LogP contribution < -0.4 is 0 Å². The van der Waals surface area contributed by atoms with E-state index in [-0.39, 0.29) is 5.41 Å². The summed E-state index contributed by atoms with van der Waals surface area (Å²) in [7, 11) is 0. The molecular weight excluding hydrogens is 252 g/mol. The van der Waals surface area contributed by atoms with Crippen LogP contribution in [-0.2, 0) is 5.41 Å². The van der Waals surface area contributed by atoms with Crippen LogP contribution in [0.4, 0.5) is 0 Å². The average Bonchev–Trinajstić information content (AvgIpc) is 2.15. The van der Waals surface area contributed by atoms with Crippen LogP contribution in [0.1, 0.15) is 47.4 Å². The first-order valence-corrected chi connectivity index (χ1v) is 7.17. The number of thioether (sulfide) groups is 1. The summed E-state index contributed by atoms with van der Waals surface area (Å²) in [4.78, 5) is 8.89. The van der Waals surface area contributed by atoms with Crippen LogP contribution in [0, 0.1) is 5.92 Å². The first-order valence-electron chi connectivity index (χ1n) is 5.92. The molecule has 17 heavy (non-hydrogen) atoms. The Kier molecular flexibility index (Phi) is 4.85. The van der Waals surface area contributed by atoms with Gasteiger partial charge in [-0.05, 0) is 5.92 Å². The predicted molar refractivity (Wildman–Crippen MR) is 75.9 cm³/mol. The summed E-state index contributed by atoms with van der Waals surface area (Å²) in [5.74, 6) is 1.43. The van der Waals surface area contributed by atoms with Crippen LogP contribution in [0.15, 0.2) is 11.1 Å². The molecule has 1 heterocycles. The van der Waals surface area contributed by atoms with Crippen molar-refractivity contribution in [2.45, 2.75) is 57.2 Å². The van der Waals surface area contributed by atoms with E-state index < -0.39 is 0 Å². The summed E-state index contributed by atoms with van der Waals surface area (Å²) < 4.78 is 0. The van der Waals surface area contributed by atoms with Gasteiger partial charge in [0.15, 0.2) is 0 Å². The van der Waals surface area contributed by atoms with Crippen LogP contribution in [-0.4, -0.2) is 15.2 Å². The van der Waals surface area contributed by atoms with Gasteiger partial charge in [0, 0.05) is 16.7 Å². The standard InChI is InChI=1S/C13H21ClN2S/c1-8(2)9(3)17-11-7-10(14)15-12(16-11)13(4,5)6/h7-9H,1-6H3. The van der Waals surface area contributed by atoms with Crippen molar-refractivity contribution in [1.82, 2.24) is 9.97 Å². The molecule has 0 N–H and O–H groups in total. The van der Waals surface area contributed by atoms with Gasteiger partial charge in [-0.2, -0.15) is 0 Å². The normalized spacial score (nSPS) is 14.1. The van der Waals surface area contributed by atoms with Gasteiger partial charge in [-0.15, -0.1) is 11.8 Å². The first-order chi connectivity index (χ1) is 7.70. The molecule has 0 aliphatic carbocycles. The van der Waals surface area contributed by atoms with Crippen LogP contribution in [0.5, 0.6) is 0 Å². The summed E-state index contributed by atoms with van der Waals surface area (Å²) in [6, 6.07) is 1.85. The highest BCUT2D eigenvalue weighted by atomic mass is 35.5. The second kappa shape index (κ2) is 5.57. The fourth-order valence-electron chi connectivity index (χ4n) is 1.12. The second-order valence-corrected chi connectivity index (χ2v) is 7.45. The summed E-state index contributed by atoms with van der Waals surface area (Å²) in [6.07, 6.45) is 0. The number of hydrogen-bond acceptors (Lipinski definition) is 3. The maximum absolute atomic E-state index is 6.05. The number of halogens is 1. The molecule has 0 aliphatic rings. The lowest BCUT2D eigenvalue weighted by Gasteiger charge is -2.19. The van der Waals surface area contributed by atoms with Gasteiger partial charge in [0.05, 0.1) is 0 Å². The number of rotatable bonds is 3. The topological polar surface area (TPSA) is 25.8 Å². The minimum absolute atomic E-state index is 0.0682. The summed E-state index contributed by atoms with van der Waals surface area (Å²) >= 11 is 7.82. The average molecular weight is 273 g/mol. The fraction of sp³-hybridized carbons (Fsp3) is 0.692. The van der Waals surface area contributed by atoms with E-state index in [9.17, 15) is 0 Å². The minimum atomic E-state index is -0.0682. The summed E-state index contributed by atoms with van der Waals surface area (Å²) in [5, 5.41) is 2.02. The van der Waals surface area contributed by atoms with Crippen molar-refractivity contribution < 1.29 is 0 Å². The lowest BCUT2D eigenvalue weighted by atomic mass is 9.96. The molecule has 4 heteroatoms. The van der Waals surface area contributed by atoms with Gasteiger partial charge >= 0.3 is 0 Å². The zero-order valence-corrected chi connectivity index (χ0v) is 13.0. The van der Waals surface area contributed by atoms with Crippen molar-refractivity contribution in [1.29, 1.82) is 0 Å². The molecule has 1 atom stereocenters. The molecule has 0 bridgehead atoms. The Morgan fingerprint density at radius 1 is 1.18 bits per heavy atom. The van der Waals surface area contributed by atoms with Gasteiger partial charge in [0.1, 0.15) is 16.0 Å². The molecule has 0 spiro atoms. The highest BCUT2D eigenvalue weighted by Crippen LogP contribution is 2.29. The Labute approximate surface area is 114 Å². The van der Waals surface area contributed by atoms with Gasteiger partial charge in [0.25, 0.3) is 0 Å². The fourth-order valence-corrected chi connectivity index (χ4v) is 2.34. The minimum Gasteiger partial charge on any atom is -0.226 e. The Balaban J connectivity index is 2.98. The zero-order valence-electron chi connectivity index (χ0n) is 11.4. The predicted octanol–water partition coefficient (Wildman–Crippen LogP) is 4.56. The Morgan fingerprint density at radius 2 is 1.76 bits per heavy atom. The van der Waals surface area contributed by atoms with Crippen molar-refractivity contribution in [3.8, 4) is 0 Å². The van der Waals surface area contributed by atoms with E-state index >= 15 is 0 Å². The molecule has 0 aliphatic heterocycles. The molecule has 0 saturated heterocycles. The Hall–Kier alpha value is -0.280. The highest BCUT2D eigenvalue weighted by molar-refractivity contribution is 7.99. The molecule has 1 aromatic heterocycles. The first kappa shape index (κ1) is 14.8. The monoisotopic (exact) mass is 272 g/mol. The van der Waals surface area contributed by atoms with Gasteiger partial charge in [-0.25, -0.2) is 9.97 Å². The van der Waals surface area contributed by atoms with Crippen LogP contribution >= 0.6 is 23.4 Å². The Bertz CT molecular complexity index is 385. The van der Waals surface area contributed by atoms with Gasteiger partial charge in [-0.1, -0.05) is 53.1 Å². The molecule has 0 radical (unpaired) electrons. The molecule has 0 saturated carbocycles. The quantitative estimate of drug-likeness (QED) is 0.596. The number of aromatic nitrogens is 2. The van der Waals surface area contributed by atoms with E-state index in [1.54, 1.807) is 11.8 Å². The Morgan fingerprint density at radius 3 is 2.24 bits per heavy atom. The molecule has 1 aromatic rings. The summed E-state index contributed by atoms with van der Waals surface area (Å²) in [6.45, 7) is 12.9. The van der Waals surface area contributed by atoms with Gasteiger partial charge in [-0.3, -0.25) is 0 Å². The van der Waals surface area contributed by atoms with E-state index in [4.69, 9.17) is 11.6 Å². The lowest BCUT2D eigenvalue weighted by Crippen LogP contribution is -2.17. The molecule has 1 rings (SSSR count). The molecule has 0 aromatic carbocycles. The molecule has 0 fully saturated rings. The van der Waals surface area contributed by atoms with Gasteiger partial charge in [0.2, 0.25) is 0 Å². The van der Waals surface area contributed by atoms with E-state index in [1.807, 2.05) is 6.07 Å². The molecule has 1 unspecified atom stereocenters. The highest BCUT2D eigenvalue weighted by Gasteiger charge is 2.20. The smallest absolute Gasteiger partial charge is 0.136 e. The molecule has 96 valence electrons. The molecule has 2 nitrogen and oxygen atoms in total. The van der Waals surface area contributed by atoms with E-state index in [1.165, 1.54) is 0 Å². The maximum Gasteiger partial charge on any atom is 0.136 e. The molecule has 0 amide bonds. The van der Waals surface area contributed by atoms with Crippen LogP contribution in [0.2, 0.25) is 5.15 Å². The molecular formula is C13H21ClN2S. The summed E-state index contributed by atoms with van der Waals surface area (Å²) in [5.41, 5.74) is -0.0682. The third kappa shape index (κ3) is 4.47. The van der Waals surface area contributed by atoms with Crippen molar-refractivity contribution in [3.05, 3.63) is 17.0 Å². The lowest BCUT2D eigenvalue weighted by molar-refractivity contribution is 0.538. The van der Waals surface area contributed by atoms with Crippen molar-refractivity contribution in [2.75, 3.05) is 0 Å². The number of hydrogen-bond donors (Lipinski definition) is 0. The largest absolute Gasteiger partial charge is 0.226 e. The van der Waals surface area contributed by atoms with E-state index in [0.29, 0.717) is 16.3 Å². The van der Waals surface area contributed by atoms with Gasteiger partial charge < -0.3 is 0 Å². The van der Waals surface area contributed by atoms with E-state index in [0.717, 1.165) is 10.9 Å². The number of nitrogens with zero attached hydrogens (tertiary/aromatic N) is 2. The maximum atomic E-state index is 6.05. The second-order valence-electron chi connectivity index (χ2n) is 5.67. The van der Waals surface area contributed by atoms with Crippen LogP contribution in [0.3, 0.4) is 0 Å². The van der Waals surface area contributed by atoms with Crippen molar-refractivity contribution in [3.63, 3.8) is 0 Å². The van der Waals surface area contributed by atoms with Crippen molar-refractivity contribution in [2.24, 2.45) is 5.92 Å². The SMILES string of the molecule is CC(C)C(C)Sc1cc(Cl)nc(C(C)(C)C)n1. The van der Waals surface area contributed by atoms with Crippen LogP contribution in [0.25, 0.3) is 0 Å². The third-order valence-electron chi connectivity index (χ3n) is 2.59. The third-order valence-corrected chi connectivity index (χ3v) is 4.15. The zero-order chi connectivity index (χ0) is 13.2. The van der Waals surface area contributed by atoms with Crippen molar-refractivity contribution >= 4 is 23.4 Å².